The van der Waals surface area contributed by atoms with Crippen LogP contribution >= 0.6 is 0 Å². The molecule has 1 atom stereocenters. The first-order valence-electron chi connectivity index (χ1n) is 9.12. The van der Waals surface area contributed by atoms with Gasteiger partial charge in [0.2, 0.25) is 0 Å². The van der Waals surface area contributed by atoms with E-state index in [1.165, 1.54) is 0 Å². The summed E-state index contributed by atoms with van der Waals surface area (Å²) in [6.45, 7) is 1.37. The third-order valence-electron chi connectivity index (χ3n) is 4.69. The number of amides is 1. The molecule has 3 aromatic rings. The Kier molecular flexibility index (Phi) is 6.27. The molecule has 144 valence electrons. The predicted octanol–water partition coefficient (Wildman–Crippen LogP) is 3.98. The minimum atomic E-state index is -0.581. The summed E-state index contributed by atoms with van der Waals surface area (Å²) in [5, 5.41) is 2.12. The van der Waals surface area contributed by atoms with Gasteiger partial charge in [-0.15, -0.1) is 0 Å². The number of carbonyl (C=O) groups is 2. The van der Waals surface area contributed by atoms with Crippen molar-refractivity contribution in [2.45, 2.75) is 13.0 Å². The molecule has 0 aliphatic rings. The van der Waals surface area contributed by atoms with Crippen molar-refractivity contribution >= 4 is 22.6 Å². The third kappa shape index (κ3) is 4.88. The normalized spacial score (nSPS) is 11.6. The average Bonchev–Trinajstić information content (AvgIpc) is 2.75. The molecule has 3 aromatic carbocycles. The molecule has 28 heavy (non-hydrogen) atoms. The van der Waals surface area contributed by atoms with Gasteiger partial charge in [0.15, 0.2) is 13.2 Å². The lowest BCUT2D eigenvalue weighted by Crippen LogP contribution is -2.34. The van der Waals surface area contributed by atoms with Gasteiger partial charge in [-0.3, -0.25) is 4.79 Å². The van der Waals surface area contributed by atoms with Crippen LogP contribution in [0.5, 0.6) is 5.75 Å². The first kappa shape index (κ1) is 19.4. The van der Waals surface area contributed by atoms with Crippen molar-refractivity contribution in [3.05, 3.63) is 78.4 Å². The standard InChI is InChI=1S/C23H23NO4/c1-17(18-8-4-3-5-9-18)24(2)22(25)15-28-23(26)16-27-21-13-12-19-10-6-7-11-20(19)14-21/h3-14,17H,15-16H2,1-2H3. The molecule has 0 saturated heterocycles. The highest BCUT2D eigenvalue weighted by molar-refractivity contribution is 5.84. The van der Waals surface area contributed by atoms with Crippen molar-refractivity contribution in [1.29, 1.82) is 0 Å². The van der Waals surface area contributed by atoms with Crippen LogP contribution in [0.3, 0.4) is 0 Å². The topological polar surface area (TPSA) is 55.8 Å². The van der Waals surface area contributed by atoms with Crippen molar-refractivity contribution in [3.63, 3.8) is 0 Å². The number of esters is 1. The number of benzene rings is 3. The molecule has 0 spiro atoms. The maximum Gasteiger partial charge on any atom is 0.344 e. The molecule has 0 fully saturated rings. The summed E-state index contributed by atoms with van der Waals surface area (Å²) in [5.41, 5.74) is 1.02. The summed E-state index contributed by atoms with van der Waals surface area (Å²) in [4.78, 5) is 25.8. The van der Waals surface area contributed by atoms with Crippen LogP contribution in [0.4, 0.5) is 0 Å². The van der Waals surface area contributed by atoms with Crippen LogP contribution in [0.15, 0.2) is 72.8 Å². The zero-order chi connectivity index (χ0) is 19.9. The van der Waals surface area contributed by atoms with E-state index in [9.17, 15) is 9.59 Å². The van der Waals surface area contributed by atoms with E-state index in [0.717, 1.165) is 16.3 Å². The van der Waals surface area contributed by atoms with Gasteiger partial charge < -0.3 is 14.4 Å². The Morgan fingerprint density at radius 3 is 2.32 bits per heavy atom. The molecule has 0 heterocycles. The molecular formula is C23H23NO4. The summed E-state index contributed by atoms with van der Waals surface area (Å²) >= 11 is 0. The highest BCUT2D eigenvalue weighted by Crippen LogP contribution is 2.21. The van der Waals surface area contributed by atoms with E-state index in [2.05, 4.69) is 0 Å². The lowest BCUT2D eigenvalue weighted by atomic mass is 10.1. The molecule has 0 aliphatic heterocycles. The van der Waals surface area contributed by atoms with Crippen molar-refractivity contribution in [2.75, 3.05) is 20.3 Å². The number of nitrogens with zero attached hydrogens (tertiary/aromatic N) is 1. The lowest BCUT2D eigenvalue weighted by Gasteiger charge is -2.25. The molecule has 1 unspecified atom stereocenters. The van der Waals surface area contributed by atoms with Crippen molar-refractivity contribution in [1.82, 2.24) is 4.90 Å². The predicted molar refractivity (Wildman–Crippen MR) is 108 cm³/mol. The van der Waals surface area contributed by atoms with Crippen LogP contribution in [0.2, 0.25) is 0 Å². The van der Waals surface area contributed by atoms with Gasteiger partial charge in [-0.25, -0.2) is 4.79 Å². The summed E-state index contributed by atoms with van der Waals surface area (Å²) in [7, 11) is 1.69. The summed E-state index contributed by atoms with van der Waals surface area (Å²) in [6, 6.07) is 23.1. The first-order valence-corrected chi connectivity index (χ1v) is 9.12. The summed E-state index contributed by atoms with van der Waals surface area (Å²) in [5.74, 6) is -0.269. The molecule has 0 bridgehead atoms. The number of ether oxygens (including phenoxy) is 2. The zero-order valence-electron chi connectivity index (χ0n) is 16.0. The van der Waals surface area contributed by atoms with Crippen LogP contribution in [-0.2, 0) is 14.3 Å². The average molecular weight is 377 g/mol. The van der Waals surface area contributed by atoms with E-state index >= 15 is 0 Å². The van der Waals surface area contributed by atoms with E-state index in [4.69, 9.17) is 9.47 Å². The Bertz CT molecular complexity index is 955. The number of fused-ring (bicyclic) bond motifs is 1. The fourth-order valence-electron chi connectivity index (χ4n) is 2.86. The molecular weight excluding hydrogens is 354 g/mol. The van der Waals surface area contributed by atoms with E-state index in [1.54, 1.807) is 18.0 Å². The molecule has 0 N–H and O–H groups in total. The summed E-state index contributed by atoms with van der Waals surface area (Å²) < 4.78 is 10.6. The second-order valence-corrected chi connectivity index (χ2v) is 6.55. The molecule has 0 radical (unpaired) electrons. The number of rotatable bonds is 7. The van der Waals surface area contributed by atoms with E-state index in [1.807, 2.05) is 73.7 Å². The summed E-state index contributed by atoms with van der Waals surface area (Å²) in [6.07, 6.45) is 0. The van der Waals surface area contributed by atoms with Gasteiger partial charge in [-0.05, 0) is 35.4 Å². The maximum absolute atomic E-state index is 12.3. The third-order valence-corrected chi connectivity index (χ3v) is 4.69. The first-order chi connectivity index (χ1) is 13.5. The second-order valence-electron chi connectivity index (χ2n) is 6.55. The Morgan fingerprint density at radius 1 is 0.893 bits per heavy atom. The van der Waals surface area contributed by atoms with Gasteiger partial charge in [0.25, 0.3) is 5.91 Å². The molecule has 0 saturated carbocycles. The second kappa shape index (κ2) is 9.04. The molecule has 0 aliphatic carbocycles. The van der Waals surface area contributed by atoms with E-state index in [-0.39, 0.29) is 25.2 Å². The minimum absolute atomic E-state index is 0.110. The highest BCUT2D eigenvalue weighted by Gasteiger charge is 2.18. The number of carbonyl (C=O) groups excluding carboxylic acids is 2. The quantitative estimate of drug-likeness (QED) is 0.585. The molecule has 5 heteroatoms. The van der Waals surface area contributed by atoms with Crippen LogP contribution < -0.4 is 4.74 Å². The Hall–Kier alpha value is -3.34. The zero-order valence-corrected chi connectivity index (χ0v) is 16.0. The van der Waals surface area contributed by atoms with Gasteiger partial charge in [-0.2, -0.15) is 0 Å². The molecule has 0 aromatic heterocycles. The Labute approximate surface area is 164 Å². The van der Waals surface area contributed by atoms with Crippen LogP contribution in [-0.4, -0.2) is 37.0 Å². The maximum atomic E-state index is 12.3. The SMILES string of the molecule is CC(c1ccccc1)N(C)C(=O)COC(=O)COc1ccc2ccccc2c1. The Balaban J connectivity index is 1.47. The fourth-order valence-corrected chi connectivity index (χ4v) is 2.86. The molecule has 1 amide bonds. The van der Waals surface area contributed by atoms with Crippen molar-refractivity contribution in [2.24, 2.45) is 0 Å². The van der Waals surface area contributed by atoms with Gasteiger partial charge in [0, 0.05) is 7.05 Å². The fraction of sp³-hybridized carbons (Fsp3) is 0.217. The van der Waals surface area contributed by atoms with Gasteiger partial charge >= 0.3 is 5.97 Å². The molecule has 3 rings (SSSR count). The van der Waals surface area contributed by atoms with Crippen LogP contribution in [0.25, 0.3) is 10.8 Å². The van der Waals surface area contributed by atoms with Gasteiger partial charge in [-0.1, -0.05) is 60.7 Å². The van der Waals surface area contributed by atoms with E-state index in [0.29, 0.717) is 5.75 Å². The lowest BCUT2D eigenvalue weighted by molar-refractivity contribution is -0.153. The minimum Gasteiger partial charge on any atom is -0.482 e. The van der Waals surface area contributed by atoms with Crippen LogP contribution in [0.1, 0.15) is 18.5 Å². The van der Waals surface area contributed by atoms with Crippen molar-refractivity contribution in [3.8, 4) is 5.75 Å². The number of hydrogen-bond acceptors (Lipinski definition) is 4. The largest absolute Gasteiger partial charge is 0.482 e. The van der Waals surface area contributed by atoms with Crippen molar-refractivity contribution < 1.29 is 19.1 Å². The van der Waals surface area contributed by atoms with E-state index < -0.39 is 5.97 Å². The number of hydrogen-bond donors (Lipinski definition) is 0. The molecule has 5 nitrogen and oxygen atoms in total. The Morgan fingerprint density at radius 2 is 1.57 bits per heavy atom. The van der Waals surface area contributed by atoms with Gasteiger partial charge in [0.1, 0.15) is 5.75 Å². The van der Waals surface area contributed by atoms with Crippen LogP contribution in [0, 0.1) is 0 Å². The number of likely N-dealkylation sites (N-methyl/N-ethyl adjacent to an activating group) is 1. The smallest absolute Gasteiger partial charge is 0.344 e. The highest BCUT2D eigenvalue weighted by atomic mass is 16.6. The van der Waals surface area contributed by atoms with Gasteiger partial charge in [0.05, 0.1) is 6.04 Å². The monoisotopic (exact) mass is 377 g/mol.